The van der Waals surface area contributed by atoms with Crippen molar-refractivity contribution in [3.63, 3.8) is 0 Å². The van der Waals surface area contributed by atoms with E-state index < -0.39 is 42.8 Å². The maximum absolute atomic E-state index is 11.7. The first-order valence-corrected chi connectivity index (χ1v) is 8.91. The Bertz CT molecular complexity index is 651. The zero-order valence-electron chi connectivity index (χ0n) is 15.6. The van der Waals surface area contributed by atoms with Crippen LogP contribution in [0.1, 0.15) is 24.2 Å². The molecule has 1 fully saturated rings. The summed E-state index contributed by atoms with van der Waals surface area (Å²) in [6.07, 6.45) is -7.56. The molecule has 1 heterocycles. The van der Waals surface area contributed by atoms with E-state index in [-0.39, 0.29) is 25.5 Å². The third-order valence-corrected chi connectivity index (χ3v) is 4.01. The number of alkyl carbamates (subject to hydrolysis) is 1. The van der Waals surface area contributed by atoms with Gasteiger partial charge in [-0.2, -0.15) is 0 Å². The lowest BCUT2D eigenvalue weighted by molar-refractivity contribution is -0.270. The van der Waals surface area contributed by atoms with E-state index in [9.17, 15) is 24.9 Å². The molecule has 0 aliphatic carbocycles. The number of hydrogen-bond acceptors (Lipinski definition) is 9. The zero-order valence-corrected chi connectivity index (χ0v) is 15.6. The van der Waals surface area contributed by atoms with Crippen LogP contribution in [-0.2, 0) is 14.2 Å². The first-order chi connectivity index (χ1) is 13.4. The second kappa shape index (κ2) is 10.2. The van der Waals surface area contributed by atoms with Gasteiger partial charge < -0.3 is 39.6 Å². The summed E-state index contributed by atoms with van der Waals surface area (Å²) in [7, 11) is 0. The number of aliphatic hydroxyl groups is 3. The predicted molar refractivity (Wildman–Crippen MR) is 94.7 cm³/mol. The lowest BCUT2D eigenvalue weighted by atomic mass is 9.99. The second-order valence-electron chi connectivity index (χ2n) is 5.98. The number of carbonyl (C=O) groups is 2. The number of ether oxygens (including phenoxy) is 4. The number of rotatable bonds is 7. The van der Waals surface area contributed by atoms with Crippen molar-refractivity contribution in [2.24, 2.45) is 0 Å². The van der Waals surface area contributed by atoms with Crippen molar-refractivity contribution < 1.29 is 43.9 Å². The van der Waals surface area contributed by atoms with Crippen molar-refractivity contribution in [2.45, 2.75) is 44.6 Å². The van der Waals surface area contributed by atoms with Crippen LogP contribution in [0.25, 0.3) is 0 Å². The topological polar surface area (TPSA) is 144 Å². The molecular formula is C18H25NO9. The Morgan fingerprint density at radius 2 is 1.64 bits per heavy atom. The second-order valence-corrected chi connectivity index (χ2v) is 5.98. The average molecular weight is 399 g/mol. The molecule has 1 aliphatic heterocycles. The first kappa shape index (κ1) is 21.9. The predicted octanol–water partition coefficient (Wildman–Crippen LogP) is -0.204. The normalized spacial score (nSPS) is 27.0. The van der Waals surface area contributed by atoms with Crippen LogP contribution < -0.4 is 10.1 Å². The van der Waals surface area contributed by atoms with E-state index in [2.05, 4.69) is 5.32 Å². The van der Waals surface area contributed by atoms with Gasteiger partial charge in [0.25, 0.3) is 0 Å². The highest BCUT2D eigenvalue weighted by Crippen LogP contribution is 2.24. The number of esters is 1. The molecule has 1 aromatic carbocycles. The van der Waals surface area contributed by atoms with E-state index in [0.717, 1.165) is 0 Å². The van der Waals surface area contributed by atoms with Crippen molar-refractivity contribution in [3.05, 3.63) is 29.8 Å². The number of aliphatic hydroxyl groups excluding tert-OH is 3. The van der Waals surface area contributed by atoms with Crippen LogP contribution in [0, 0.1) is 0 Å². The van der Waals surface area contributed by atoms with Crippen LogP contribution in [0.2, 0.25) is 0 Å². The molecule has 4 N–H and O–H groups in total. The molecule has 10 heteroatoms. The van der Waals surface area contributed by atoms with Gasteiger partial charge in [0.15, 0.2) is 0 Å². The summed E-state index contributed by atoms with van der Waals surface area (Å²) >= 11 is 0. The molecule has 1 saturated heterocycles. The number of carbonyl (C=O) groups excluding carboxylic acids is 2. The lowest BCUT2D eigenvalue weighted by Gasteiger charge is -2.40. The van der Waals surface area contributed by atoms with Gasteiger partial charge in [-0.1, -0.05) is 0 Å². The summed E-state index contributed by atoms with van der Waals surface area (Å²) in [6, 6.07) is 5.92. The largest absolute Gasteiger partial charge is 0.462 e. The zero-order chi connectivity index (χ0) is 20.7. The number of amides is 1. The lowest BCUT2D eigenvalue weighted by Crippen LogP contribution is -2.61. The van der Waals surface area contributed by atoms with Crippen molar-refractivity contribution in [1.29, 1.82) is 0 Å². The SMILES string of the molecule is CCOC(=O)NCC1O[C@H](Oc2ccc(C(=O)OCC)cc2)C(O)C(O)[C@@H]1O. The van der Waals surface area contributed by atoms with Crippen LogP contribution in [0.15, 0.2) is 24.3 Å². The van der Waals surface area contributed by atoms with E-state index in [1.807, 2.05) is 0 Å². The van der Waals surface area contributed by atoms with E-state index in [0.29, 0.717) is 5.56 Å². The Kier molecular flexibility index (Phi) is 8.00. The third kappa shape index (κ3) is 5.55. The minimum atomic E-state index is -1.55. The first-order valence-electron chi connectivity index (χ1n) is 8.91. The molecule has 1 aromatic rings. The van der Waals surface area contributed by atoms with Crippen LogP contribution >= 0.6 is 0 Å². The summed E-state index contributed by atoms with van der Waals surface area (Å²) in [6.45, 7) is 3.60. The van der Waals surface area contributed by atoms with Crippen molar-refractivity contribution in [1.82, 2.24) is 5.32 Å². The molecule has 0 saturated carbocycles. The Labute approximate surface area is 162 Å². The van der Waals surface area contributed by atoms with Gasteiger partial charge >= 0.3 is 12.1 Å². The van der Waals surface area contributed by atoms with Gasteiger partial charge in [0, 0.05) is 6.54 Å². The monoisotopic (exact) mass is 399 g/mol. The van der Waals surface area contributed by atoms with Gasteiger partial charge in [-0.25, -0.2) is 9.59 Å². The number of nitrogens with one attached hydrogen (secondary N) is 1. The molecule has 0 spiro atoms. The fraction of sp³-hybridized carbons (Fsp3) is 0.556. The van der Waals surface area contributed by atoms with E-state index >= 15 is 0 Å². The van der Waals surface area contributed by atoms with Crippen molar-refractivity contribution >= 4 is 12.1 Å². The summed E-state index contributed by atoms with van der Waals surface area (Å²) in [5, 5.41) is 32.6. The van der Waals surface area contributed by atoms with Gasteiger partial charge in [0.1, 0.15) is 30.2 Å². The average Bonchev–Trinajstić information content (AvgIpc) is 2.68. The molecule has 0 radical (unpaired) electrons. The molecule has 2 rings (SSSR count). The van der Waals surface area contributed by atoms with Crippen molar-refractivity contribution in [2.75, 3.05) is 19.8 Å². The third-order valence-electron chi connectivity index (χ3n) is 4.01. The molecule has 1 amide bonds. The fourth-order valence-corrected chi connectivity index (χ4v) is 2.57. The summed E-state index contributed by atoms with van der Waals surface area (Å²) in [4.78, 5) is 23.1. The quantitative estimate of drug-likeness (QED) is 0.458. The maximum atomic E-state index is 11.7. The molecule has 3 unspecified atom stereocenters. The standard InChI is InChI=1S/C18H25NO9/c1-3-25-16(23)10-5-7-11(8-6-10)27-17-15(22)14(21)13(20)12(28-17)9-19-18(24)26-4-2/h5-8,12-15,17,20-22H,3-4,9H2,1-2H3,(H,19,24)/t12?,13-,14?,15?,17+/m1/s1. The van der Waals surface area contributed by atoms with Gasteiger partial charge in [-0.05, 0) is 38.1 Å². The number of hydrogen-bond donors (Lipinski definition) is 4. The van der Waals surface area contributed by atoms with E-state index in [1.54, 1.807) is 13.8 Å². The minimum Gasteiger partial charge on any atom is -0.462 e. The van der Waals surface area contributed by atoms with Crippen LogP contribution in [0.4, 0.5) is 4.79 Å². The minimum absolute atomic E-state index is 0.161. The Morgan fingerprint density at radius 1 is 1.00 bits per heavy atom. The Hall–Kier alpha value is -2.40. The molecule has 28 heavy (non-hydrogen) atoms. The Balaban J connectivity index is 2.00. The molecule has 1 aliphatic rings. The summed E-state index contributed by atoms with van der Waals surface area (Å²) in [5.41, 5.74) is 0.325. The van der Waals surface area contributed by atoms with Gasteiger partial charge in [0.05, 0.1) is 18.8 Å². The Morgan fingerprint density at radius 3 is 2.25 bits per heavy atom. The van der Waals surface area contributed by atoms with Crippen LogP contribution in [-0.4, -0.2) is 77.8 Å². The van der Waals surface area contributed by atoms with E-state index in [1.165, 1.54) is 24.3 Å². The molecule has 0 aromatic heterocycles. The van der Waals surface area contributed by atoms with Crippen LogP contribution in [0.5, 0.6) is 5.75 Å². The van der Waals surface area contributed by atoms with Gasteiger partial charge in [-0.3, -0.25) is 0 Å². The van der Waals surface area contributed by atoms with Gasteiger partial charge in [-0.15, -0.1) is 0 Å². The molecule has 5 atom stereocenters. The summed E-state index contributed by atoms with van der Waals surface area (Å²) < 4.78 is 20.6. The highest BCUT2D eigenvalue weighted by atomic mass is 16.7. The summed E-state index contributed by atoms with van der Waals surface area (Å²) in [5.74, 6) is -0.218. The number of benzene rings is 1. The highest BCUT2D eigenvalue weighted by Gasteiger charge is 2.45. The van der Waals surface area contributed by atoms with Crippen LogP contribution in [0.3, 0.4) is 0 Å². The molecule has 0 bridgehead atoms. The molecule has 156 valence electrons. The fourth-order valence-electron chi connectivity index (χ4n) is 2.57. The van der Waals surface area contributed by atoms with Gasteiger partial charge in [0.2, 0.25) is 6.29 Å². The molecule has 10 nitrogen and oxygen atoms in total. The van der Waals surface area contributed by atoms with E-state index in [4.69, 9.17) is 18.9 Å². The smallest absolute Gasteiger partial charge is 0.407 e. The highest BCUT2D eigenvalue weighted by molar-refractivity contribution is 5.89. The molecular weight excluding hydrogens is 374 g/mol. The van der Waals surface area contributed by atoms with Crippen molar-refractivity contribution in [3.8, 4) is 5.75 Å². The maximum Gasteiger partial charge on any atom is 0.407 e.